The van der Waals surface area contributed by atoms with Gasteiger partial charge in [0, 0.05) is 18.7 Å². The van der Waals surface area contributed by atoms with Gasteiger partial charge in [0.1, 0.15) is 5.52 Å². The Balaban J connectivity index is 1.64. The van der Waals surface area contributed by atoms with Crippen LogP contribution in [0.25, 0.3) is 11.1 Å². The van der Waals surface area contributed by atoms with Crippen LogP contribution in [0.15, 0.2) is 33.7 Å². The summed E-state index contributed by atoms with van der Waals surface area (Å²) in [6, 6.07) is 2.01. The highest BCUT2D eigenvalue weighted by Crippen LogP contribution is 2.37. The van der Waals surface area contributed by atoms with Gasteiger partial charge in [0.2, 0.25) is 11.7 Å². The number of hydrogen-bond donors (Lipinski definition) is 1. The molecule has 0 radical (unpaired) electrons. The number of nitrogens with zero attached hydrogens (tertiary/aromatic N) is 4. The molecule has 5 rings (SSSR count). The second-order valence-corrected chi connectivity index (χ2v) is 6.93. The van der Waals surface area contributed by atoms with Gasteiger partial charge in [0.15, 0.2) is 29.5 Å². The molecule has 0 fully saturated rings. The van der Waals surface area contributed by atoms with Crippen LogP contribution in [0.5, 0.6) is 0 Å². The van der Waals surface area contributed by atoms with Crippen molar-refractivity contribution in [3.05, 3.63) is 65.0 Å². The largest absolute Gasteiger partial charge is 0.438 e. The first-order chi connectivity index (χ1) is 14.4. The van der Waals surface area contributed by atoms with E-state index in [4.69, 9.17) is 8.83 Å². The summed E-state index contributed by atoms with van der Waals surface area (Å²) in [7, 11) is 0. The molecule has 0 unspecified atom stereocenters. The fraction of sp³-hybridized carbons (Fsp3) is 0.263. The van der Waals surface area contributed by atoms with Gasteiger partial charge in [0.05, 0.1) is 12.0 Å². The number of alkyl halides is 2. The van der Waals surface area contributed by atoms with Gasteiger partial charge in [-0.1, -0.05) is 0 Å². The molecule has 3 aromatic heterocycles. The zero-order valence-corrected chi connectivity index (χ0v) is 15.5. The smallest absolute Gasteiger partial charge is 0.292 e. The molecule has 11 heteroatoms. The van der Waals surface area contributed by atoms with Gasteiger partial charge in [-0.3, -0.25) is 4.79 Å². The first kappa shape index (κ1) is 18.4. The number of aryl methyl sites for hydroxylation is 1. The van der Waals surface area contributed by atoms with E-state index in [-0.39, 0.29) is 23.5 Å². The summed E-state index contributed by atoms with van der Waals surface area (Å²) in [5.74, 6) is -1.93. The van der Waals surface area contributed by atoms with Crippen LogP contribution in [0, 0.1) is 12.7 Å². The highest BCUT2D eigenvalue weighted by Gasteiger charge is 2.40. The average Bonchev–Trinajstić information content (AvgIpc) is 3.44. The van der Waals surface area contributed by atoms with Crippen molar-refractivity contribution in [3.8, 4) is 0 Å². The number of benzene rings is 1. The molecule has 154 valence electrons. The molecule has 4 aromatic rings. The number of H-pyrrole nitrogens is 1. The van der Waals surface area contributed by atoms with Gasteiger partial charge in [-0.05, 0) is 24.6 Å². The number of rotatable bonds is 3. The third-order valence-corrected chi connectivity index (χ3v) is 5.02. The molecule has 8 nitrogen and oxygen atoms in total. The molecule has 30 heavy (non-hydrogen) atoms. The maximum atomic E-state index is 14.3. The van der Waals surface area contributed by atoms with Gasteiger partial charge >= 0.3 is 0 Å². The molecule has 0 aliphatic carbocycles. The standard InChI is InChI=1S/C19H14F3N5O3/c1-8-4-9(20)15-11(5-8)26-18(30-15)14-12-10(23-6-24-12)2-3-27(14)19(28)16-13(17(21)22)25-7-29-16/h4-7,14,17H,2-3H2,1H3,(H,23,24)/t14-/m0/s1. The van der Waals surface area contributed by atoms with Crippen LogP contribution in [0.2, 0.25) is 0 Å². The van der Waals surface area contributed by atoms with E-state index in [9.17, 15) is 18.0 Å². The van der Waals surface area contributed by atoms with Crippen LogP contribution in [-0.2, 0) is 6.42 Å². The molecule has 1 atom stereocenters. The van der Waals surface area contributed by atoms with Crippen molar-refractivity contribution >= 4 is 17.0 Å². The number of hydrogen-bond acceptors (Lipinski definition) is 6. The van der Waals surface area contributed by atoms with E-state index >= 15 is 0 Å². The highest BCUT2D eigenvalue weighted by atomic mass is 19.3. The molecule has 1 N–H and O–H groups in total. The minimum Gasteiger partial charge on any atom is -0.438 e. The molecule has 0 spiro atoms. The lowest BCUT2D eigenvalue weighted by Gasteiger charge is -2.32. The Morgan fingerprint density at radius 3 is 2.97 bits per heavy atom. The summed E-state index contributed by atoms with van der Waals surface area (Å²) in [5, 5.41) is 0. The molecule has 1 aromatic carbocycles. The van der Waals surface area contributed by atoms with Gasteiger partial charge in [-0.15, -0.1) is 0 Å². The SMILES string of the molecule is Cc1cc(F)c2oc([C@@H]3c4nc[nH]c4CCN3C(=O)c3ocnc3C(F)F)nc2c1. The van der Waals surface area contributed by atoms with Crippen molar-refractivity contribution in [1.29, 1.82) is 0 Å². The number of oxazole rings is 2. The lowest BCUT2D eigenvalue weighted by Crippen LogP contribution is -2.41. The van der Waals surface area contributed by atoms with E-state index in [1.165, 1.54) is 17.3 Å². The maximum Gasteiger partial charge on any atom is 0.292 e. The van der Waals surface area contributed by atoms with Gasteiger partial charge < -0.3 is 18.7 Å². The molecule has 0 saturated heterocycles. The Labute approximate surface area is 166 Å². The van der Waals surface area contributed by atoms with Crippen molar-refractivity contribution < 1.29 is 26.8 Å². The minimum atomic E-state index is -2.98. The number of amides is 1. The molecule has 1 aliphatic rings. The Kier molecular flexibility index (Phi) is 4.12. The number of nitrogens with one attached hydrogen (secondary N) is 1. The minimum absolute atomic E-state index is 0.0222. The predicted molar refractivity (Wildman–Crippen MR) is 95.3 cm³/mol. The number of carbonyl (C=O) groups is 1. The maximum absolute atomic E-state index is 14.3. The first-order valence-electron chi connectivity index (χ1n) is 9.05. The Morgan fingerprint density at radius 2 is 2.17 bits per heavy atom. The lowest BCUT2D eigenvalue weighted by molar-refractivity contribution is 0.0620. The second kappa shape index (κ2) is 6.71. The molecule has 1 amide bonds. The van der Waals surface area contributed by atoms with E-state index in [1.54, 1.807) is 13.0 Å². The van der Waals surface area contributed by atoms with Gasteiger partial charge in [0.25, 0.3) is 12.3 Å². The monoisotopic (exact) mass is 417 g/mol. The zero-order chi connectivity index (χ0) is 21.0. The summed E-state index contributed by atoms with van der Waals surface area (Å²) in [6.45, 7) is 1.87. The van der Waals surface area contributed by atoms with Gasteiger partial charge in [-0.2, -0.15) is 0 Å². The Hall–Kier alpha value is -3.63. The summed E-state index contributed by atoms with van der Waals surface area (Å²) in [5.41, 5.74) is 1.32. The number of halogens is 3. The van der Waals surface area contributed by atoms with Crippen LogP contribution in [-0.4, -0.2) is 37.3 Å². The summed E-state index contributed by atoms with van der Waals surface area (Å²) in [4.78, 5) is 29.4. The van der Waals surface area contributed by atoms with Crippen molar-refractivity contribution in [2.45, 2.75) is 25.8 Å². The number of fused-ring (bicyclic) bond motifs is 2. The van der Waals surface area contributed by atoms with E-state index in [2.05, 4.69) is 19.9 Å². The quantitative estimate of drug-likeness (QED) is 0.545. The third kappa shape index (κ3) is 2.77. The van der Waals surface area contributed by atoms with Crippen molar-refractivity contribution in [2.75, 3.05) is 6.54 Å². The van der Waals surface area contributed by atoms with Crippen LogP contribution < -0.4 is 0 Å². The molecule has 0 bridgehead atoms. The molecule has 0 saturated carbocycles. The normalized spacial score (nSPS) is 16.4. The van der Waals surface area contributed by atoms with Crippen LogP contribution in [0.4, 0.5) is 13.2 Å². The second-order valence-electron chi connectivity index (χ2n) is 6.93. The topological polar surface area (TPSA) is 101 Å². The van der Waals surface area contributed by atoms with Crippen LogP contribution in [0.1, 0.15) is 51.6 Å². The van der Waals surface area contributed by atoms with E-state index in [1.807, 2.05) is 0 Å². The van der Waals surface area contributed by atoms with Crippen LogP contribution >= 0.6 is 0 Å². The number of imidazole rings is 1. The summed E-state index contributed by atoms with van der Waals surface area (Å²) in [6.07, 6.45) is -0.319. The van der Waals surface area contributed by atoms with Crippen molar-refractivity contribution in [2.24, 2.45) is 0 Å². The molecular weight excluding hydrogens is 403 g/mol. The van der Waals surface area contributed by atoms with E-state index in [0.717, 1.165) is 12.1 Å². The molecule has 4 heterocycles. The third-order valence-electron chi connectivity index (χ3n) is 5.02. The Morgan fingerprint density at radius 1 is 1.33 bits per heavy atom. The van der Waals surface area contributed by atoms with Crippen LogP contribution in [0.3, 0.4) is 0 Å². The fourth-order valence-electron chi connectivity index (χ4n) is 3.70. The fourth-order valence-corrected chi connectivity index (χ4v) is 3.70. The average molecular weight is 417 g/mol. The highest BCUT2D eigenvalue weighted by molar-refractivity contribution is 5.93. The predicted octanol–water partition coefficient (Wildman–Crippen LogP) is 3.71. The Bertz CT molecular complexity index is 1260. The number of carbonyl (C=O) groups excluding carboxylic acids is 1. The van der Waals surface area contributed by atoms with Crippen molar-refractivity contribution in [3.63, 3.8) is 0 Å². The van der Waals surface area contributed by atoms with Gasteiger partial charge in [-0.25, -0.2) is 28.1 Å². The summed E-state index contributed by atoms with van der Waals surface area (Å²) < 4.78 is 51.4. The number of aromatic amines is 1. The molecular formula is C19H14F3N5O3. The van der Waals surface area contributed by atoms with E-state index < -0.39 is 35.6 Å². The number of aromatic nitrogens is 4. The first-order valence-corrected chi connectivity index (χ1v) is 9.05. The van der Waals surface area contributed by atoms with Crippen molar-refractivity contribution in [1.82, 2.24) is 24.8 Å². The zero-order valence-electron chi connectivity index (χ0n) is 15.5. The van der Waals surface area contributed by atoms with E-state index in [0.29, 0.717) is 17.7 Å². The molecule has 1 aliphatic heterocycles. The summed E-state index contributed by atoms with van der Waals surface area (Å²) >= 11 is 0. The lowest BCUT2D eigenvalue weighted by atomic mass is 10.0.